The topological polar surface area (TPSA) is 233 Å². The lowest BCUT2D eigenvalue weighted by Crippen LogP contribution is -2.58. The third-order valence-corrected chi connectivity index (χ3v) is 4.65. The van der Waals surface area contributed by atoms with Crippen LogP contribution in [0.3, 0.4) is 0 Å². The summed E-state index contributed by atoms with van der Waals surface area (Å²) in [6.07, 6.45) is -3.82. The summed E-state index contributed by atoms with van der Waals surface area (Å²) in [7, 11) is 0. The first kappa shape index (κ1) is 23.8. The molecule has 18 heteroatoms. The molecule has 0 aromatic carbocycles. The van der Waals surface area contributed by atoms with Crippen LogP contribution < -0.4 is 0 Å². The van der Waals surface area contributed by atoms with Crippen molar-refractivity contribution in [3.63, 3.8) is 0 Å². The van der Waals surface area contributed by atoms with Crippen molar-refractivity contribution < 1.29 is 28.7 Å². The first-order valence-corrected chi connectivity index (χ1v) is 9.26. The van der Waals surface area contributed by atoms with Crippen LogP contribution in [0, 0.1) is 10.1 Å². The van der Waals surface area contributed by atoms with Crippen LogP contribution in [0.4, 0.5) is 5.95 Å². The van der Waals surface area contributed by atoms with Crippen LogP contribution in [-0.2, 0) is 30.5 Å². The molecule has 0 saturated heterocycles. The monoisotopic (exact) mass is 502 g/mol. The van der Waals surface area contributed by atoms with E-state index in [0.717, 1.165) is 18.5 Å². The van der Waals surface area contributed by atoms with Crippen LogP contribution in [0.25, 0.3) is 20.9 Å². The Morgan fingerprint density at radius 3 is 2.23 bits per heavy atom. The van der Waals surface area contributed by atoms with Crippen LogP contribution in [-0.4, -0.2) is 62.0 Å². The molecule has 0 aliphatic heterocycles. The number of nitro groups is 1. The number of halogens is 1. The van der Waals surface area contributed by atoms with Crippen molar-refractivity contribution in [2.45, 2.75) is 57.4 Å². The first-order chi connectivity index (χ1) is 14.7. The number of esters is 2. The average Bonchev–Trinajstić information content (AvgIpc) is 3.05. The maximum Gasteiger partial charge on any atom is 0.492 e. The smallest absolute Gasteiger partial charge is 0.458 e. The Morgan fingerprint density at radius 2 is 1.74 bits per heavy atom. The number of ether oxygens (including phenoxy) is 3. The molecule has 5 atom stereocenters. The molecular formula is C13H15BrN10O7. The van der Waals surface area contributed by atoms with Gasteiger partial charge < -0.3 is 24.3 Å². The lowest BCUT2D eigenvalue weighted by Gasteiger charge is -2.42. The highest BCUT2D eigenvalue weighted by atomic mass is 79.9. The van der Waals surface area contributed by atoms with Crippen molar-refractivity contribution in [1.82, 2.24) is 14.8 Å². The van der Waals surface area contributed by atoms with Crippen LogP contribution in [0.5, 0.6) is 0 Å². The fourth-order valence-electron chi connectivity index (χ4n) is 3.00. The van der Waals surface area contributed by atoms with Gasteiger partial charge in [-0.05, 0) is 27.4 Å². The van der Waals surface area contributed by atoms with E-state index in [9.17, 15) is 19.7 Å². The van der Waals surface area contributed by atoms with Gasteiger partial charge in [0.1, 0.15) is 12.2 Å². The largest absolute Gasteiger partial charge is 0.492 e. The van der Waals surface area contributed by atoms with Crippen LogP contribution in [0.15, 0.2) is 15.0 Å². The van der Waals surface area contributed by atoms with Crippen molar-refractivity contribution in [3.05, 3.63) is 35.7 Å². The van der Waals surface area contributed by atoms with Gasteiger partial charge in [-0.15, -0.1) is 4.68 Å². The molecule has 1 heterocycles. The Kier molecular flexibility index (Phi) is 8.09. The first-order valence-electron chi connectivity index (χ1n) is 8.47. The summed E-state index contributed by atoms with van der Waals surface area (Å²) in [5.41, 5.74) is 17.8. The molecule has 1 aliphatic carbocycles. The normalized spacial score (nSPS) is 24.9. The molecule has 1 fully saturated rings. The van der Waals surface area contributed by atoms with Gasteiger partial charge >= 0.3 is 17.9 Å². The Labute approximate surface area is 181 Å². The van der Waals surface area contributed by atoms with Crippen molar-refractivity contribution in [2.24, 2.45) is 10.2 Å². The van der Waals surface area contributed by atoms with Gasteiger partial charge in [0.25, 0.3) is 4.73 Å². The number of rotatable bonds is 8. The SMILES string of the molecule is CC(=O)OC1C(N=[N+]=[N-])CC(N=[N+]=[N-])C(OCn2nc([N+](=O)[O-])nc2Br)C1OC(C)=O. The van der Waals surface area contributed by atoms with Crippen LogP contribution in [0.2, 0.25) is 0 Å². The van der Waals surface area contributed by atoms with E-state index in [4.69, 9.17) is 25.3 Å². The van der Waals surface area contributed by atoms with E-state index >= 15 is 0 Å². The molecule has 0 bridgehead atoms. The van der Waals surface area contributed by atoms with E-state index in [2.05, 4.69) is 46.1 Å². The van der Waals surface area contributed by atoms with Gasteiger partial charge in [0.15, 0.2) is 12.8 Å². The zero-order valence-electron chi connectivity index (χ0n) is 16.0. The van der Waals surface area contributed by atoms with E-state index in [-0.39, 0.29) is 11.2 Å². The standard InChI is InChI=1S/C13H15BrN10O7/c1-5(25)30-10-8(19-22-16)3-7(18-21-15)9(11(10)31-6(2)26)29-4-23-12(14)17-13(20-23)24(27)28/h7-11H,3-4H2,1-2H3. The molecular weight excluding hydrogens is 488 g/mol. The summed E-state index contributed by atoms with van der Waals surface area (Å²) in [5.74, 6) is -2.20. The number of carbonyl (C=O) groups is 2. The molecule has 1 aromatic heterocycles. The van der Waals surface area contributed by atoms with Gasteiger partial charge in [-0.1, -0.05) is 10.2 Å². The fraction of sp³-hybridized carbons (Fsp3) is 0.692. The zero-order valence-corrected chi connectivity index (χ0v) is 17.6. The van der Waals surface area contributed by atoms with Gasteiger partial charge in [0, 0.05) is 44.7 Å². The van der Waals surface area contributed by atoms with E-state index < -0.39 is 59.9 Å². The van der Waals surface area contributed by atoms with Crippen molar-refractivity contribution in [1.29, 1.82) is 0 Å². The molecule has 0 spiro atoms. The Morgan fingerprint density at radius 1 is 1.19 bits per heavy atom. The molecule has 1 aromatic rings. The van der Waals surface area contributed by atoms with Gasteiger partial charge in [-0.2, -0.15) is 0 Å². The maximum absolute atomic E-state index is 11.7. The van der Waals surface area contributed by atoms with Gasteiger partial charge in [0.2, 0.25) is 0 Å². The second-order valence-corrected chi connectivity index (χ2v) is 6.84. The molecule has 31 heavy (non-hydrogen) atoms. The summed E-state index contributed by atoms with van der Waals surface area (Å²) in [5, 5.41) is 21.6. The zero-order chi connectivity index (χ0) is 23.1. The second-order valence-electron chi connectivity index (χ2n) is 6.13. The molecule has 0 N–H and O–H groups in total. The molecule has 0 radical (unpaired) electrons. The number of hydrogen-bond acceptors (Lipinski definition) is 11. The number of hydrogen-bond donors (Lipinski definition) is 0. The van der Waals surface area contributed by atoms with Crippen molar-refractivity contribution >= 4 is 33.8 Å². The molecule has 1 saturated carbocycles. The lowest BCUT2D eigenvalue weighted by atomic mass is 9.84. The molecule has 1 aliphatic rings. The Balaban J connectivity index is 2.40. The summed E-state index contributed by atoms with van der Waals surface area (Å²) in [6, 6.07) is -2.03. The number of nitrogens with zero attached hydrogens (tertiary/aromatic N) is 10. The average molecular weight is 503 g/mol. The second kappa shape index (κ2) is 10.5. The minimum absolute atomic E-state index is 0.0251. The highest BCUT2D eigenvalue weighted by Crippen LogP contribution is 2.32. The fourth-order valence-corrected chi connectivity index (χ4v) is 3.34. The predicted octanol–water partition coefficient (Wildman–Crippen LogP) is 1.92. The third-order valence-electron chi connectivity index (χ3n) is 4.06. The molecule has 166 valence electrons. The molecule has 5 unspecified atom stereocenters. The predicted molar refractivity (Wildman–Crippen MR) is 101 cm³/mol. The summed E-state index contributed by atoms with van der Waals surface area (Å²) >= 11 is 3.00. The highest BCUT2D eigenvalue weighted by molar-refractivity contribution is 9.10. The minimum atomic E-state index is -1.32. The number of aromatic nitrogens is 3. The summed E-state index contributed by atoms with van der Waals surface area (Å²) in [6.45, 7) is 1.78. The lowest BCUT2D eigenvalue weighted by molar-refractivity contribution is -0.394. The third kappa shape index (κ3) is 6.02. The number of carbonyl (C=O) groups excluding carboxylic acids is 2. The van der Waals surface area contributed by atoms with Crippen molar-refractivity contribution in [2.75, 3.05) is 0 Å². The van der Waals surface area contributed by atoms with Crippen molar-refractivity contribution in [3.8, 4) is 0 Å². The Bertz CT molecular complexity index is 956. The minimum Gasteiger partial charge on any atom is -0.458 e. The van der Waals surface area contributed by atoms with Crippen LogP contribution >= 0.6 is 15.9 Å². The van der Waals surface area contributed by atoms with Gasteiger partial charge in [0.05, 0.1) is 12.1 Å². The molecule has 0 amide bonds. The van der Waals surface area contributed by atoms with Gasteiger partial charge in [-0.25, -0.2) is 0 Å². The Hall–Kier alpha value is -3.46. The quantitative estimate of drug-likeness (QED) is 0.126. The molecule has 17 nitrogen and oxygen atoms in total. The van der Waals surface area contributed by atoms with E-state index in [1.54, 1.807) is 0 Å². The maximum atomic E-state index is 11.7. The van der Waals surface area contributed by atoms with E-state index in [1.807, 2.05) is 0 Å². The summed E-state index contributed by atoms with van der Waals surface area (Å²) in [4.78, 5) is 42.3. The number of azide groups is 2. The van der Waals surface area contributed by atoms with Crippen LogP contribution in [0.1, 0.15) is 20.3 Å². The van der Waals surface area contributed by atoms with E-state index in [0.29, 0.717) is 0 Å². The van der Waals surface area contributed by atoms with Gasteiger partial charge in [-0.3, -0.25) is 9.59 Å². The highest BCUT2D eigenvalue weighted by Gasteiger charge is 2.49. The summed E-state index contributed by atoms with van der Waals surface area (Å²) < 4.78 is 17.1. The van der Waals surface area contributed by atoms with E-state index in [1.165, 1.54) is 0 Å². The molecule has 2 rings (SSSR count).